The number of hydrogen-bond acceptors (Lipinski definition) is 5. The molecule has 0 aliphatic carbocycles. The highest BCUT2D eigenvalue weighted by Crippen LogP contribution is 2.41. The maximum absolute atomic E-state index is 13.4. The zero-order chi connectivity index (χ0) is 23.4. The Morgan fingerprint density at radius 3 is 2.27 bits per heavy atom. The molecule has 4 rings (SSSR count). The minimum absolute atomic E-state index is 0.114. The summed E-state index contributed by atoms with van der Waals surface area (Å²) in [5.74, 6) is 0.433. The van der Waals surface area contributed by atoms with Gasteiger partial charge in [-0.15, -0.1) is 0 Å². The first-order valence-corrected chi connectivity index (χ1v) is 11.8. The van der Waals surface area contributed by atoms with E-state index in [1.807, 2.05) is 42.5 Å². The number of carbonyl (C=O) groups excluding carboxylic acids is 1. The lowest BCUT2D eigenvalue weighted by molar-refractivity contribution is -0.116. The average molecular weight is 465 g/mol. The molecule has 0 bridgehead atoms. The predicted octanol–water partition coefficient (Wildman–Crippen LogP) is 3.43. The lowest BCUT2D eigenvalue weighted by Crippen LogP contribution is -2.40. The van der Waals surface area contributed by atoms with Crippen LogP contribution >= 0.6 is 0 Å². The van der Waals surface area contributed by atoms with Gasteiger partial charge in [0.25, 0.3) is 15.9 Å². The van der Waals surface area contributed by atoms with Crippen LogP contribution in [0.15, 0.2) is 83.8 Å². The second kappa shape index (κ2) is 9.38. The molecule has 170 valence electrons. The summed E-state index contributed by atoms with van der Waals surface area (Å²) in [6.07, 6.45) is 0. The number of benzene rings is 3. The molecule has 0 spiro atoms. The molecule has 0 fully saturated rings. The minimum atomic E-state index is -4.07. The third-order valence-corrected chi connectivity index (χ3v) is 7.16. The van der Waals surface area contributed by atoms with Crippen LogP contribution < -0.4 is 19.1 Å². The molecule has 3 aromatic carbocycles. The van der Waals surface area contributed by atoms with E-state index >= 15 is 0 Å². The fraction of sp³-hybridized carbons (Fsp3) is 0.160. The van der Waals surface area contributed by atoms with Crippen LogP contribution in [0.3, 0.4) is 0 Å². The molecule has 8 heteroatoms. The molecule has 0 unspecified atom stereocenters. The largest absolute Gasteiger partial charge is 0.493 e. The molecule has 0 saturated carbocycles. The maximum Gasteiger partial charge on any atom is 0.270 e. The molecule has 0 aromatic heterocycles. The Morgan fingerprint density at radius 2 is 1.55 bits per heavy atom. The zero-order valence-electron chi connectivity index (χ0n) is 18.3. The Bertz CT molecular complexity index is 1300. The molecule has 1 heterocycles. The van der Waals surface area contributed by atoms with E-state index in [-0.39, 0.29) is 18.1 Å². The number of methoxy groups -OCH3 is 1. The first-order valence-electron chi connectivity index (χ1n) is 10.4. The number of sulfonamides is 1. The second-order valence-electron chi connectivity index (χ2n) is 7.32. The Morgan fingerprint density at radius 1 is 0.909 bits per heavy atom. The van der Waals surface area contributed by atoms with Crippen molar-refractivity contribution in [2.45, 2.75) is 0 Å². The van der Waals surface area contributed by atoms with E-state index in [4.69, 9.17) is 9.47 Å². The maximum atomic E-state index is 13.4. The third kappa shape index (κ3) is 4.29. The van der Waals surface area contributed by atoms with Crippen molar-refractivity contribution < 1.29 is 22.7 Å². The fourth-order valence-corrected chi connectivity index (χ4v) is 5.23. The molecule has 0 saturated heterocycles. The quantitative estimate of drug-likeness (QED) is 0.542. The summed E-state index contributed by atoms with van der Waals surface area (Å²) in [5, 5.41) is 2.70. The van der Waals surface area contributed by atoms with Crippen LogP contribution in [0.5, 0.6) is 11.5 Å². The number of amides is 1. The lowest BCUT2D eigenvalue weighted by Gasteiger charge is -2.30. The number of hydrogen-bond donors (Lipinski definition) is 1. The number of nitrogens with one attached hydrogen (secondary N) is 1. The Kier molecular flexibility index (Phi) is 6.37. The van der Waals surface area contributed by atoms with Gasteiger partial charge < -0.3 is 14.8 Å². The van der Waals surface area contributed by atoms with Crippen LogP contribution in [-0.2, 0) is 14.8 Å². The summed E-state index contributed by atoms with van der Waals surface area (Å²) in [7, 11) is -1.07. The smallest absolute Gasteiger partial charge is 0.270 e. The number of anilines is 1. The first kappa shape index (κ1) is 22.4. The van der Waals surface area contributed by atoms with Crippen LogP contribution in [0.1, 0.15) is 11.1 Å². The van der Waals surface area contributed by atoms with Crippen LogP contribution in [-0.4, -0.2) is 41.6 Å². The van der Waals surface area contributed by atoms with Crippen LogP contribution in [0, 0.1) is 0 Å². The van der Waals surface area contributed by atoms with Gasteiger partial charge >= 0.3 is 0 Å². The van der Waals surface area contributed by atoms with E-state index in [9.17, 15) is 13.2 Å². The molecule has 33 heavy (non-hydrogen) atoms. The second-order valence-corrected chi connectivity index (χ2v) is 9.22. The van der Waals surface area contributed by atoms with Crippen molar-refractivity contribution in [3.8, 4) is 11.5 Å². The highest BCUT2D eigenvalue weighted by molar-refractivity contribution is 7.97. The van der Waals surface area contributed by atoms with Gasteiger partial charge in [-0.2, -0.15) is 0 Å². The van der Waals surface area contributed by atoms with Gasteiger partial charge in [0, 0.05) is 18.2 Å². The van der Waals surface area contributed by atoms with Gasteiger partial charge in [0.1, 0.15) is 6.61 Å². The van der Waals surface area contributed by atoms with Gasteiger partial charge in [0.2, 0.25) is 0 Å². The normalized spacial score (nSPS) is 14.4. The number of rotatable bonds is 7. The average Bonchev–Trinajstić information content (AvgIpc) is 2.84. The topological polar surface area (TPSA) is 84.9 Å². The van der Waals surface area contributed by atoms with Crippen molar-refractivity contribution in [3.05, 3.63) is 94.9 Å². The molecular formula is C25H24N2O5S. The molecule has 1 aliphatic rings. The van der Waals surface area contributed by atoms with Gasteiger partial charge in [-0.25, -0.2) is 8.42 Å². The van der Waals surface area contributed by atoms with Crippen molar-refractivity contribution in [1.29, 1.82) is 0 Å². The molecule has 1 amide bonds. The molecule has 3 aromatic rings. The molecule has 1 N–H and O–H groups in total. The van der Waals surface area contributed by atoms with E-state index in [0.717, 1.165) is 4.31 Å². The molecule has 7 nitrogen and oxygen atoms in total. The fourth-order valence-electron chi connectivity index (χ4n) is 3.74. The lowest BCUT2D eigenvalue weighted by atomic mass is 9.95. The van der Waals surface area contributed by atoms with Crippen molar-refractivity contribution in [2.75, 3.05) is 31.6 Å². The van der Waals surface area contributed by atoms with Crippen LogP contribution in [0.2, 0.25) is 0 Å². The summed E-state index contributed by atoms with van der Waals surface area (Å²) in [6.45, 7) is 0.260. The minimum Gasteiger partial charge on any atom is -0.493 e. The van der Waals surface area contributed by atoms with Gasteiger partial charge in [0.15, 0.2) is 16.4 Å². The van der Waals surface area contributed by atoms with Crippen LogP contribution in [0.4, 0.5) is 5.69 Å². The molecule has 0 atom stereocenters. The summed E-state index contributed by atoms with van der Waals surface area (Å²) >= 11 is 0. The van der Waals surface area contributed by atoms with Crippen molar-refractivity contribution in [2.24, 2.45) is 0 Å². The molecule has 0 radical (unpaired) electrons. The number of para-hydroxylation sites is 3. The summed E-state index contributed by atoms with van der Waals surface area (Å²) in [4.78, 5) is 12.9. The van der Waals surface area contributed by atoms with E-state index in [1.54, 1.807) is 43.5 Å². The van der Waals surface area contributed by atoms with Crippen molar-refractivity contribution in [1.82, 2.24) is 5.32 Å². The van der Waals surface area contributed by atoms with Gasteiger partial charge in [-0.1, -0.05) is 60.7 Å². The number of carbonyl (C=O) groups is 1. The first-order chi connectivity index (χ1) is 15.9. The van der Waals surface area contributed by atoms with E-state index in [0.29, 0.717) is 33.9 Å². The highest BCUT2D eigenvalue weighted by Gasteiger charge is 2.39. The van der Waals surface area contributed by atoms with Crippen molar-refractivity contribution >= 4 is 27.2 Å². The SMILES string of the molecule is COc1ccccc1OCCNC(=O)C1=C(c2ccccc2)c2ccccc2N(C)S1(=O)=O. The van der Waals surface area contributed by atoms with E-state index in [2.05, 4.69) is 5.32 Å². The van der Waals surface area contributed by atoms with Crippen LogP contribution in [0.25, 0.3) is 5.57 Å². The Hall–Kier alpha value is -3.78. The van der Waals surface area contributed by atoms with E-state index < -0.39 is 15.9 Å². The Labute approximate surface area is 193 Å². The predicted molar refractivity (Wildman–Crippen MR) is 128 cm³/mol. The van der Waals surface area contributed by atoms with Gasteiger partial charge in [-0.3, -0.25) is 9.10 Å². The molecule has 1 aliphatic heterocycles. The zero-order valence-corrected chi connectivity index (χ0v) is 19.1. The Balaban J connectivity index is 1.65. The van der Waals surface area contributed by atoms with Gasteiger partial charge in [-0.05, 0) is 23.8 Å². The highest BCUT2D eigenvalue weighted by atomic mass is 32.2. The number of fused-ring (bicyclic) bond motifs is 1. The number of nitrogens with zero attached hydrogens (tertiary/aromatic N) is 1. The van der Waals surface area contributed by atoms with Gasteiger partial charge in [0.05, 0.1) is 19.3 Å². The monoisotopic (exact) mass is 464 g/mol. The summed E-state index contributed by atoms with van der Waals surface area (Å²) in [5.41, 5.74) is 2.23. The standard InChI is InChI=1S/C25H24N2O5S/c1-27-20-13-7-6-12-19(20)23(18-10-4-3-5-11-18)24(33(27,29)30)25(28)26-16-17-32-22-15-9-8-14-21(22)31-2/h3-15H,16-17H2,1-2H3,(H,26,28). The molecular weight excluding hydrogens is 440 g/mol. The summed E-state index contributed by atoms with van der Waals surface area (Å²) in [6, 6.07) is 23.4. The van der Waals surface area contributed by atoms with E-state index in [1.165, 1.54) is 7.05 Å². The number of ether oxygens (including phenoxy) is 2. The summed E-state index contributed by atoms with van der Waals surface area (Å²) < 4.78 is 38.9. The van der Waals surface area contributed by atoms with Crippen molar-refractivity contribution in [3.63, 3.8) is 0 Å². The third-order valence-electron chi connectivity index (χ3n) is 5.34.